The van der Waals surface area contributed by atoms with Gasteiger partial charge in [0.05, 0.1) is 0 Å². The van der Waals surface area contributed by atoms with Crippen LogP contribution in [0.4, 0.5) is 5.69 Å². The molecule has 0 fully saturated rings. The second-order valence-corrected chi connectivity index (χ2v) is 5.85. The molecule has 0 aromatic heterocycles. The zero-order valence-corrected chi connectivity index (χ0v) is 13.3. The summed E-state index contributed by atoms with van der Waals surface area (Å²) in [5.41, 5.74) is 8.88. The van der Waals surface area contributed by atoms with Gasteiger partial charge in [-0.2, -0.15) is 0 Å². The predicted molar refractivity (Wildman–Crippen MR) is 87.1 cm³/mol. The molecule has 2 N–H and O–H groups in total. The molecule has 0 heterocycles. The number of hydrogen-bond donors (Lipinski definition) is 1. The number of nitrogens with two attached hydrogens (primary N) is 1. The molecular weight excluding hydrogens is 314 g/mol. The molecule has 2 nitrogen and oxygen atoms in total. The molecule has 0 aliphatic heterocycles. The van der Waals surface area contributed by atoms with Crippen molar-refractivity contribution in [3.8, 4) is 0 Å². The van der Waals surface area contributed by atoms with Gasteiger partial charge >= 0.3 is 0 Å². The van der Waals surface area contributed by atoms with Crippen LogP contribution in [0.15, 0.2) is 46.9 Å². The molecular formula is C17H18BrNO. The van der Waals surface area contributed by atoms with Crippen LogP contribution in [0.1, 0.15) is 47.7 Å². The Morgan fingerprint density at radius 3 is 2.45 bits per heavy atom. The normalized spacial score (nSPS) is 12.2. The number of benzene rings is 2. The SMILES string of the molecule is CCC(C)c1ccc(C(=O)c2cc(N)ccc2Br)cc1. The van der Waals surface area contributed by atoms with E-state index >= 15 is 0 Å². The van der Waals surface area contributed by atoms with Gasteiger partial charge in [-0.1, -0.05) is 54.0 Å². The number of ketones is 1. The van der Waals surface area contributed by atoms with Crippen molar-refractivity contribution in [3.05, 3.63) is 63.6 Å². The third-order valence-electron chi connectivity index (χ3n) is 3.59. The van der Waals surface area contributed by atoms with Crippen molar-refractivity contribution in [3.63, 3.8) is 0 Å². The van der Waals surface area contributed by atoms with Crippen molar-refractivity contribution in [2.45, 2.75) is 26.2 Å². The fourth-order valence-electron chi connectivity index (χ4n) is 2.07. The first-order chi connectivity index (χ1) is 9.52. The highest BCUT2D eigenvalue weighted by Crippen LogP contribution is 2.24. The van der Waals surface area contributed by atoms with Gasteiger partial charge in [-0.05, 0) is 36.1 Å². The number of hydrogen-bond acceptors (Lipinski definition) is 2. The zero-order valence-electron chi connectivity index (χ0n) is 11.7. The maximum Gasteiger partial charge on any atom is 0.194 e. The van der Waals surface area contributed by atoms with E-state index in [4.69, 9.17) is 5.73 Å². The van der Waals surface area contributed by atoms with Gasteiger partial charge in [-0.25, -0.2) is 0 Å². The summed E-state index contributed by atoms with van der Waals surface area (Å²) in [5.74, 6) is 0.498. The number of carbonyl (C=O) groups is 1. The Balaban J connectivity index is 2.32. The lowest BCUT2D eigenvalue weighted by Gasteiger charge is -2.10. The van der Waals surface area contributed by atoms with Crippen LogP contribution < -0.4 is 5.73 Å². The molecule has 0 saturated carbocycles. The van der Waals surface area contributed by atoms with Gasteiger partial charge in [0.2, 0.25) is 0 Å². The van der Waals surface area contributed by atoms with Gasteiger partial charge in [-0.15, -0.1) is 0 Å². The lowest BCUT2D eigenvalue weighted by Crippen LogP contribution is -2.04. The fourth-order valence-corrected chi connectivity index (χ4v) is 2.50. The largest absolute Gasteiger partial charge is 0.399 e. The van der Waals surface area contributed by atoms with Crippen molar-refractivity contribution < 1.29 is 4.79 Å². The van der Waals surface area contributed by atoms with Crippen LogP contribution in [0.3, 0.4) is 0 Å². The number of carbonyl (C=O) groups excluding carboxylic acids is 1. The summed E-state index contributed by atoms with van der Waals surface area (Å²) >= 11 is 3.40. The van der Waals surface area contributed by atoms with Crippen LogP contribution in [0.2, 0.25) is 0 Å². The van der Waals surface area contributed by atoms with Crippen molar-refractivity contribution in [2.24, 2.45) is 0 Å². The fraction of sp³-hybridized carbons (Fsp3) is 0.235. The molecule has 0 bridgehead atoms. The maximum atomic E-state index is 12.5. The molecule has 0 aliphatic rings. The van der Waals surface area contributed by atoms with E-state index in [1.807, 2.05) is 24.3 Å². The monoisotopic (exact) mass is 331 g/mol. The van der Waals surface area contributed by atoms with Crippen molar-refractivity contribution in [2.75, 3.05) is 5.73 Å². The van der Waals surface area contributed by atoms with Crippen LogP contribution in [0.5, 0.6) is 0 Å². The van der Waals surface area contributed by atoms with Crippen LogP contribution in [0.25, 0.3) is 0 Å². The predicted octanol–water partition coefficient (Wildman–Crippen LogP) is 4.78. The van der Waals surface area contributed by atoms with Crippen molar-refractivity contribution in [1.29, 1.82) is 0 Å². The van der Waals surface area contributed by atoms with Crippen LogP contribution in [0, 0.1) is 0 Å². The standard InChI is InChI=1S/C17H18BrNO/c1-3-11(2)12-4-6-13(7-5-12)17(20)15-10-14(19)8-9-16(15)18/h4-11H,3,19H2,1-2H3. The van der Waals surface area contributed by atoms with E-state index < -0.39 is 0 Å². The lowest BCUT2D eigenvalue weighted by molar-refractivity contribution is 0.103. The number of nitrogen functional groups attached to an aromatic ring is 1. The van der Waals surface area contributed by atoms with Gasteiger partial charge in [-0.3, -0.25) is 4.79 Å². The number of rotatable bonds is 4. The van der Waals surface area contributed by atoms with E-state index in [2.05, 4.69) is 29.8 Å². The highest BCUT2D eigenvalue weighted by molar-refractivity contribution is 9.10. The molecule has 2 aromatic rings. The van der Waals surface area contributed by atoms with Crippen LogP contribution in [-0.2, 0) is 0 Å². The van der Waals surface area contributed by atoms with Gasteiger partial charge in [0.25, 0.3) is 0 Å². The van der Waals surface area contributed by atoms with Crippen LogP contribution in [-0.4, -0.2) is 5.78 Å². The summed E-state index contributed by atoms with van der Waals surface area (Å²) in [6, 6.07) is 13.1. The molecule has 0 spiro atoms. The topological polar surface area (TPSA) is 43.1 Å². The average molecular weight is 332 g/mol. The summed E-state index contributed by atoms with van der Waals surface area (Å²) in [7, 11) is 0. The third-order valence-corrected chi connectivity index (χ3v) is 4.28. The van der Waals surface area contributed by atoms with Gasteiger partial charge in [0.1, 0.15) is 0 Å². The Morgan fingerprint density at radius 2 is 1.85 bits per heavy atom. The lowest BCUT2D eigenvalue weighted by atomic mass is 9.95. The quantitative estimate of drug-likeness (QED) is 0.647. The Labute approximate surface area is 128 Å². The summed E-state index contributed by atoms with van der Waals surface area (Å²) < 4.78 is 0.766. The minimum Gasteiger partial charge on any atom is -0.399 e. The van der Waals surface area contributed by atoms with E-state index in [1.54, 1.807) is 18.2 Å². The highest BCUT2D eigenvalue weighted by atomic mass is 79.9. The third kappa shape index (κ3) is 3.10. The summed E-state index contributed by atoms with van der Waals surface area (Å²) in [5, 5.41) is 0. The molecule has 0 saturated heterocycles. The summed E-state index contributed by atoms with van der Waals surface area (Å²) in [6.45, 7) is 4.35. The van der Waals surface area contributed by atoms with Gasteiger partial charge in [0.15, 0.2) is 5.78 Å². The Morgan fingerprint density at radius 1 is 1.20 bits per heavy atom. The minimum absolute atomic E-state index is 0.0140. The van der Waals surface area contributed by atoms with Crippen molar-refractivity contribution >= 4 is 27.4 Å². The molecule has 2 rings (SSSR count). The molecule has 1 unspecified atom stereocenters. The molecule has 0 amide bonds. The minimum atomic E-state index is -0.0140. The first kappa shape index (κ1) is 14.8. The van der Waals surface area contributed by atoms with Crippen molar-refractivity contribution in [1.82, 2.24) is 0 Å². The summed E-state index contributed by atoms with van der Waals surface area (Å²) in [6.07, 6.45) is 1.09. The van der Waals surface area contributed by atoms with E-state index in [0.717, 1.165) is 10.9 Å². The highest BCUT2D eigenvalue weighted by Gasteiger charge is 2.13. The molecule has 1 atom stereocenters. The van der Waals surface area contributed by atoms with Crippen LogP contribution >= 0.6 is 15.9 Å². The Kier molecular flexibility index (Phi) is 4.61. The molecule has 104 valence electrons. The zero-order chi connectivity index (χ0) is 14.7. The smallest absolute Gasteiger partial charge is 0.194 e. The van der Waals surface area contributed by atoms with E-state index in [0.29, 0.717) is 22.7 Å². The first-order valence-corrected chi connectivity index (χ1v) is 7.52. The Hall–Kier alpha value is -1.61. The second kappa shape index (κ2) is 6.23. The molecule has 3 heteroatoms. The second-order valence-electron chi connectivity index (χ2n) is 5.00. The average Bonchev–Trinajstić information content (AvgIpc) is 2.48. The van der Waals surface area contributed by atoms with E-state index in [1.165, 1.54) is 5.56 Å². The molecule has 20 heavy (non-hydrogen) atoms. The first-order valence-electron chi connectivity index (χ1n) is 6.72. The van der Waals surface area contributed by atoms with Gasteiger partial charge < -0.3 is 5.73 Å². The summed E-state index contributed by atoms with van der Waals surface area (Å²) in [4.78, 5) is 12.5. The Bertz CT molecular complexity index is 619. The molecule has 0 radical (unpaired) electrons. The van der Waals surface area contributed by atoms with Gasteiger partial charge in [0, 0.05) is 21.3 Å². The van der Waals surface area contributed by atoms with E-state index in [9.17, 15) is 4.79 Å². The molecule has 2 aromatic carbocycles. The number of halogens is 1. The van der Waals surface area contributed by atoms with E-state index in [-0.39, 0.29) is 5.78 Å². The maximum absolute atomic E-state index is 12.5. The number of anilines is 1. The molecule has 0 aliphatic carbocycles.